The van der Waals surface area contributed by atoms with Gasteiger partial charge in [-0.25, -0.2) is 0 Å². The number of benzene rings is 1. The van der Waals surface area contributed by atoms with Crippen LogP contribution in [0.4, 0.5) is 0 Å². The number of morpholine rings is 1. The Balaban J connectivity index is 0.00000243. The maximum absolute atomic E-state index is 13.3. The smallest absolute Gasteiger partial charge is 0.282 e. The highest BCUT2D eigenvalue weighted by atomic mass is 35.5. The number of halogens is 1. The van der Waals surface area contributed by atoms with Crippen LogP contribution >= 0.6 is 12.4 Å². The molecule has 26 heavy (non-hydrogen) atoms. The van der Waals surface area contributed by atoms with Crippen LogP contribution in [0.25, 0.3) is 0 Å². The Morgan fingerprint density at radius 2 is 1.92 bits per heavy atom. The van der Waals surface area contributed by atoms with Gasteiger partial charge in [0.1, 0.15) is 0 Å². The second-order valence-corrected chi connectivity index (χ2v) is 9.26. The zero-order valence-electron chi connectivity index (χ0n) is 15.8. The summed E-state index contributed by atoms with van der Waals surface area (Å²) in [6.07, 6.45) is 0.980. The molecule has 2 fully saturated rings. The molecule has 3 rings (SSSR count). The molecule has 148 valence electrons. The molecule has 0 amide bonds. The van der Waals surface area contributed by atoms with Crippen molar-refractivity contribution in [2.75, 3.05) is 39.3 Å². The quantitative estimate of drug-likeness (QED) is 0.834. The van der Waals surface area contributed by atoms with Crippen molar-refractivity contribution in [2.45, 2.75) is 38.8 Å². The lowest BCUT2D eigenvalue weighted by atomic mass is 10.0. The summed E-state index contributed by atoms with van der Waals surface area (Å²) in [6.45, 7) is 9.04. The van der Waals surface area contributed by atoms with Crippen molar-refractivity contribution < 1.29 is 13.2 Å². The van der Waals surface area contributed by atoms with Crippen molar-refractivity contribution in [3.05, 3.63) is 35.4 Å². The highest BCUT2D eigenvalue weighted by Gasteiger charge is 2.41. The van der Waals surface area contributed by atoms with Crippen LogP contribution in [0.1, 0.15) is 37.9 Å². The molecule has 0 saturated carbocycles. The average Bonchev–Trinajstić information content (AvgIpc) is 2.61. The Kier molecular flexibility index (Phi) is 7.10. The van der Waals surface area contributed by atoms with E-state index in [1.54, 1.807) is 8.61 Å². The summed E-state index contributed by atoms with van der Waals surface area (Å²) in [4.78, 5) is 0. The van der Waals surface area contributed by atoms with Crippen LogP contribution in [0.15, 0.2) is 24.3 Å². The summed E-state index contributed by atoms with van der Waals surface area (Å²) in [6, 6.07) is 8.12. The number of piperazine rings is 1. The third-order valence-corrected chi connectivity index (χ3v) is 6.97. The Labute approximate surface area is 163 Å². The maximum atomic E-state index is 13.3. The minimum Gasteiger partial charge on any atom is -0.373 e. The Morgan fingerprint density at radius 3 is 2.54 bits per heavy atom. The summed E-state index contributed by atoms with van der Waals surface area (Å²) in [5.41, 5.74) is 1.86. The zero-order chi connectivity index (χ0) is 18.1. The van der Waals surface area contributed by atoms with Crippen molar-refractivity contribution in [3.63, 3.8) is 0 Å². The molecule has 0 radical (unpaired) electrons. The fraction of sp³-hybridized carbons (Fsp3) is 0.667. The molecule has 1 aromatic rings. The second-order valence-electron chi connectivity index (χ2n) is 7.38. The van der Waals surface area contributed by atoms with Crippen molar-refractivity contribution in [3.8, 4) is 0 Å². The molecule has 1 unspecified atom stereocenters. The van der Waals surface area contributed by atoms with Crippen LogP contribution in [0.2, 0.25) is 0 Å². The van der Waals surface area contributed by atoms with Gasteiger partial charge in [0.25, 0.3) is 10.2 Å². The fourth-order valence-corrected chi connectivity index (χ4v) is 5.46. The molecule has 2 aliphatic heterocycles. The molecule has 8 heteroatoms. The van der Waals surface area contributed by atoms with Gasteiger partial charge in [0.15, 0.2) is 0 Å². The third-order valence-electron chi connectivity index (χ3n) is 4.98. The van der Waals surface area contributed by atoms with E-state index in [-0.39, 0.29) is 18.4 Å². The van der Waals surface area contributed by atoms with Gasteiger partial charge in [0.05, 0.1) is 18.2 Å². The second kappa shape index (κ2) is 8.54. The number of hydrogen-bond donors (Lipinski definition) is 1. The van der Waals surface area contributed by atoms with Crippen molar-refractivity contribution >= 4 is 22.6 Å². The van der Waals surface area contributed by atoms with Crippen LogP contribution in [-0.2, 0) is 21.4 Å². The minimum atomic E-state index is -3.52. The number of ether oxygens (including phenoxy) is 1. The highest BCUT2D eigenvalue weighted by molar-refractivity contribution is 7.86. The van der Waals surface area contributed by atoms with Gasteiger partial charge < -0.3 is 10.1 Å². The molecule has 1 N–H and O–H groups in total. The summed E-state index contributed by atoms with van der Waals surface area (Å²) in [5.74, 6) is 0. The molecule has 1 aromatic carbocycles. The first-order valence-corrected chi connectivity index (χ1v) is 10.4. The average molecular weight is 404 g/mol. The summed E-state index contributed by atoms with van der Waals surface area (Å²) in [5, 5.41) is 3.33. The molecule has 2 heterocycles. The summed E-state index contributed by atoms with van der Waals surface area (Å²) in [7, 11) is -3.52. The highest BCUT2D eigenvalue weighted by Crippen LogP contribution is 2.29. The number of nitrogens with zero attached hydrogens (tertiary/aromatic N) is 2. The van der Waals surface area contributed by atoms with Gasteiger partial charge in [-0.1, -0.05) is 31.2 Å². The van der Waals surface area contributed by atoms with E-state index in [2.05, 4.69) is 36.5 Å². The van der Waals surface area contributed by atoms with Gasteiger partial charge in [-0.2, -0.15) is 17.0 Å². The predicted molar refractivity (Wildman–Crippen MR) is 106 cm³/mol. The van der Waals surface area contributed by atoms with Crippen LogP contribution < -0.4 is 5.32 Å². The standard InChI is InChI=1S/C18H29N3O3S.ClH/c1-4-15-5-7-16(8-6-15)17-13-19-9-10-21(17)25(22,23)20-11-12-24-18(2,3)14-20;/h5-8,17,19H,4,9-14H2,1-3H3;1H. The van der Waals surface area contributed by atoms with Gasteiger partial charge in [-0.3, -0.25) is 0 Å². The van der Waals surface area contributed by atoms with Gasteiger partial charge in [-0.15, -0.1) is 12.4 Å². The Hall–Kier alpha value is -0.700. The van der Waals surface area contributed by atoms with E-state index < -0.39 is 15.8 Å². The number of hydrogen-bond acceptors (Lipinski definition) is 4. The van der Waals surface area contributed by atoms with Crippen molar-refractivity contribution in [2.24, 2.45) is 0 Å². The number of rotatable bonds is 4. The molecule has 6 nitrogen and oxygen atoms in total. The van der Waals surface area contributed by atoms with Crippen molar-refractivity contribution in [1.82, 2.24) is 13.9 Å². The van der Waals surface area contributed by atoms with E-state index in [0.29, 0.717) is 39.3 Å². The van der Waals surface area contributed by atoms with Crippen LogP contribution in [0.3, 0.4) is 0 Å². The van der Waals surface area contributed by atoms with E-state index in [1.807, 2.05) is 13.8 Å². The van der Waals surface area contributed by atoms with Gasteiger partial charge >= 0.3 is 0 Å². The molecule has 0 aromatic heterocycles. The largest absolute Gasteiger partial charge is 0.373 e. The first kappa shape index (κ1) is 21.6. The van der Waals surface area contributed by atoms with Gasteiger partial charge in [0, 0.05) is 32.7 Å². The molecule has 0 spiro atoms. The first-order valence-electron chi connectivity index (χ1n) is 9.04. The van der Waals surface area contributed by atoms with Crippen LogP contribution in [0, 0.1) is 0 Å². The van der Waals surface area contributed by atoms with E-state index in [4.69, 9.17) is 4.74 Å². The maximum Gasteiger partial charge on any atom is 0.282 e. The summed E-state index contributed by atoms with van der Waals surface area (Å²) >= 11 is 0. The molecule has 2 saturated heterocycles. The number of nitrogens with one attached hydrogen (secondary N) is 1. The van der Waals surface area contributed by atoms with E-state index in [0.717, 1.165) is 12.0 Å². The predicted octanol–water partition coefficient (Wildman–Crippen LogP) is 1.97. The van der Waals surface area contributed by atoms with Gasteiger partial charge in [-0.05, 0) is 31.4 Å². The molecular formula is C18H30ClN3O3S. The molecule has 0 bridgehead atoms. The van der Waals surface area contributed by atoms with Crippen molar-refractivity contribution in [1.29, 1.82) is 0 Å². The molecule has 0 aliphatic carbocycles. The monoisotopic (exact) mass is 403 g/mol. The molecule has 1 atom stereocenters. The van der Waals surface area contributed by atoms with E-state index >= 15 is 0 Å². The van der Waals surface area contributed by atoms with Crippen LogP contribution in [0.5, 0.6) is 0 Å². The summed E-state index contributed by atoms with van der Waals surface area (Å²) < 4.78 is 35.5. The zero-order valence-corrected chi connectivity index (χ0v) is 17.4. The SMILES string of the molecule is CCc1ccc(C2CNCCN2S(=O)(=O)N2CCOC(C)(C)C2)cc1.Cl. The minimum absolute atomic E-state index is 0. The molecule has 2 aliphatic rings. The lowest BCUT2D eigenvalue weighted by Crippen LogP contribution is -2.58. The fourth-order valence-electron chi connectivity index (χ4n) is 3.54. The number of aryl methyl sites for hydroxylation is 1. The lowest BCUT2D eigenvalue weighted by molar-refractivity contribution is -0.0656. The third kappa shape index (κ3) is 4.58. The Bertz CT molecular complexity index is 694. The van der Waals surface area contributed by atoms with E-state index in [9.17, 15) is 8.42 Å². The Morgan fingerprint density at radius 1 is 1.23 bits per heavy atom. The topological polar surface area (TPSA) is 61.9 Å². The first-order chi connectivity index (χ1) is 11.8. The lowest BCUT2D eigenvalue weighted by Gasteiger charge is -2.42. The van der Waals surface area contributed by atoms with Gasteiger partial charge in [0.2, 0.25) is 0 Å². The van der Waals surface area contributed by atoms with Crippen LogP contribution in [-0.4, -0.2) is 62.0 Å². The normalized spacial score (nSPS) is 24.8. The molecular weight excluding hydrogens is 374 g/mol. The van der Waals surface area contributed by atoms with E-state index in [1.165, 1.54) is 5.56 Å².